The van der Waals surface area contributed by atoms with Crippen molar-refractivity contribution in [1.29, 1.82) is 0 Å². The fourth-order valence-electron chi connectivity index (χ4n) is 2.11. The normalized spacial score (nSPS) is 18.6. The second-order valence-electron chi connectivity index (χ2n) is 4.38. The van der Waals surface area contributed by atoms with E-state index in [0.29, 0.717) is 18.1 Å². The average Bonchev–Trinajstić information content (AvgIpc) is 2.92. The molecule has 1 aliphatic rings. The van der Waals surface area contributed by atoms with Gasteiger partial charge in [0.1, 0.15) is 15.4 Å². The summed E-state index contributed by atoms with van der Waals surface area (Å²) in [4.78, 5) is 25.3. The predicted molar refractivity (Wildman–Crippen MR) is 73.4 cm³/mol. The van der Waals surface area contributed by atoms with E-state index in [1.807, 2.05) is 4.90 Å². The highest BCUT2D eigenvalue weighted by Crippen LogP contribution is 2.39. The molecule has 0 spiro atoms. The summed E-state index contributed by atoms with van der Waals surface area (Å²) < 4.78 is 4.71. The van der Waals surface area contributed by atoms with Crippen LogP contribution in [0.3, 0.4) is 0 Å². The molecule has 1 fully saturated rings. The number of anilines is 2. The zero-order valence-electron chi connectivity index (χ0n) is 10.5. The fourth-order valence-corrected chi connectivity index (χ4v) is 3.20. The van der Waals surface area contributed by atoms with Crippen molar-refractivity contribution in [3.63, 3.8) is 0 Å². The summed E-state index contributed by atoms with van der Waals surface area (Å²) in [6.07, 6.45) is 0.824. The van der Waals surface area contributed by atoms with Gasteiger partial charge in [0, 0.05) is 19.1 Å². The van der Waals surface area contributed by atoms with Gasteiger partial charge in [0.05, 0.1) is 12.8 Å². The van der Waals surface area contributed by atoms with Crippen molar-refractivity contribution in [2.24, 2.45) is 11.5 Å². The number of rotatable bonds is 3. The standard InChI is InChI=1S/C11H16N4O3S/c1-18-11(17)6-7(13)8(9(14)16)19-10(6)15-3-2-5(12)4-15/h5H,2-4,12-13H2,1H3,(H2,14,16). The molecule has 0 aromatic carbocycles. The first-order valence-electron chi connectivity index (χ1n) is 5.76. The lowest BCUT2D eigenvalue weighted by Gasteiger charge is -2.17. The summed E-state index contributed by atoms with van der Waals surface area (Å²) in [5.74, 6) is -1.22. The molecule has 1 aromatic rings. The van der Waals surface area contributed by atoms with Crippen LogP contribution in [0.15, 0.2) is 0 Å². The highest BCUT2D eigenvalue weighted by molar-refractivity contribution is 7.19. The number of nitrogens with zero attached hydrogens (tertiary/aromatic N) is 1. The fraction of sp³-hybridized carbons (Fsp3) is 0.455. The number of methoxy groups -OCH3 is 1. The molecule has 2 rings (SSSR count). The van der Waals surface area contributed by atoms with Crippen LogP contribution < -0.4 is 22.1 Å². The Bertz CT molecular complexity index is 528. The zero-order chi connectivity index (χ0) is 14.2. The number of nitrogens with two attached hydrogens (primary N) is 3. The molecule has 1 atom stereocenters. The first kappa shape index (κ1) is 13.6. The van der Waals surface area contributed by atoms with Crippen molar-refractivity contribution in [3.8, 4) is 0 Å². The molecule has 7 nitrogen and oxygen atoms in total. The molecule has 1 aromatic heterocycles. The maximum absolute atomic E-state index is 11.8. The van der Waals surface area contributed by atoms with Crippen LogP contribution in [0.5, 0.6) is 0 Å². The Labute approximate surface area is 114 Å². The number of thiophene rings is 1. The summed E-state index contributed by atoms with van der Waals surface area (Å²) in [6.45, 7) is 1.32. The smallest absolute Gasteiger partial charge is 0.343 e. The minimum atomic E-state index is -0.651. The molecular formula is C11H16N4O3S. The Morgan fingerprint density at radius 1 is 1.47 bits per heavy atom. The van der Waals surface area contributed by atoms with Crippen molar-refractivity contribution in [2.75, 3.05) is 30.8 Å². The average molecular weight is 284 g/mol. The third kappa shape index (κ3) is 2.36. The molecule has 1 amide bonds. The second kappa shape index (κ2) is 5.06. The van der Waals surface area contributed by atoms with E-state index in [0.717, 1.165) is 17.8 Å². The van der Waals surface area contributed by atoms with Gasteiger partial charge in [-0.25, -0.2) is 4.79 Å². The van der Waals surface area contributed by atoms with Gasteiger partial charge in [-0.2, -0.15) is 0 Å². The Morgan fingerprint density at radius 2 is 2.16 bits per heavy atom. The Hall–Kier alpha value is -1.80. The first-order chi connectivity index (χ1) is 8.95. The van der Waals surface area contributed by atoms with Crippen LogP contribution in [-0.4, -0.2) is 38.1 Å². The van der Waals surface area contributed by atoms with Gasteiger partial charge in [-0.05, 0) is 6.42 Å². The van der Waals surface area contributed by atoms with Crippen molar-refractivity contribution >= 4 is 33.9 Å². The van der Waals surface area contributed by atoms with Gasteiger partial charge in [-0.1, -0.05) is 0 Å². The topological polar surface area (TPSA) is 125 Å². The lowest BCUT2D eigenvalue weighted by molar-refractivity contribution is 0.0603. The molecular weight excluding hydrogens is 268 g/mol. The molecule has 6 N–H and O–H groups in total. The summed E-state index contributed by atoms with van der Waals surface area (Å²) in [7, 11) is 1.27. The minimum absolute atomic E-state index is 0.0471. The Balaban J connectivity index is 2.49. The molecule has 1 unspecified atom stereocenters. The zero-order valence-corrected chi connectivity index (χ0v) is 11.3. The molecule has 0 bridgehead atoms. The number of carbonyl (C=O) groups is 2. The van der Waals surface area contributed by atoms with E-state index in [9.17, 15) is 9.59 Å². The Kier molecular flexibility index (Phi) is 3.63. The van der Waals surface area contributed by atoms with Crippen molar-refractivity contribution < 1.29 is 14.3 Å². The maximum Gasteiger partial charge on any atom is 0.343 e. The third-order valence-corrected chi connectivity index (χ3v) is 4.33. The largest absolute Gasteiger partial charge is 0.465 e. The van der Waals surface area contributed by atoms with Crippen molar-refractivity contribution in [1.82, 2.24) is 0 Å². The highest BCUT2D eigenvalue weighted by atomic mass is 32.1. The van der Waals surface area contributed by atoms with E-state index in [2.05, 4.69) is 0 Å². The van der Waals surface area contributed by atoms with Gasteiger partial charge in [-0.15, -0.1) is 11.3 Å². The van der Waals surface area contributed by atoms with E-state index < -0.39 is 11.9 Å². The lowest BCUT2D eigenvalue weighted by Crippen LogP contribution is -2.26. The molecule has 8 heteroatoms. The van der Waals surface area contributed by atoms with E-state index in [4.69, 9.17) is 21.9 Å². The van der Waals surface area contributed by atoms with E-state index >= 15 is 0 Å². The van der Waals surface area contributed by atoms with E-state index in [1.165, 1.54) is 7.11 Å². The molecule has 104 valence electrons. The molecule has 0 saturated carbocycles. The van der Waals surface area contributed by atoms with E-state index in [-0.39, 0.29) is 22.2 Å². The summed E-state index contributed by atoms with van der Waals surface area (Å²) >= 11 is 1.11. The van der Waals surface area contributed by atoms with Crippen LogP contribution in [0.2, 0.25) is 0 Å². The van der Waals surface area contributed by atoms with Gasteiger partial charge in [0.15, 0.2) is 0 Å². The van der Waals surface area contributed by atoms with Crippen LogP contribution >= 0.6 is 11.3 Å². The van der Waals surface area contributed by atoms with E-state index in [1.54, 1.807) is 0 Å². The SMILES string of the molecule is COC(=O)c1c(N2CCC(N)C2)sc(C(N)=O)c1N. The summed E-state index contributed by atoms with van der Waals surface area (Å²) in [5, 5.41) is 0.603. The monoisotopic (exact) mass is 284 g/mol. The van der Waals surface area contributed by atoms with Crippen molar-refractivity contribution in [2.45, 2.75) is 12.5 Å². The minimum Gasteiger partial charge on any atom is -0.465 e. The molecule has 0 radical (unpaired) electrons. The number of nitrogen functional groups attached to an aromatic ring is 1. The molecule has 0 aliphatic carbocycles. The van der Waals surface area contributed by atoms with Crippen LogP contribution in [0.25, 0.3) is 0 Å². The van der Waals surface area contributed by atoms with Crippen LogP contribution in [0.4, 0.5) is 10.7 Å². The molecule has 19 heavy (non-hydrogen) atoms. The number of ether oxygens (including phenoxy) is 1. The number of hydrogen-bond acceptors (Lipinski definition) is 7. The van der Waals surface area contributed by atoms with Crippen LogP contribution in [0, 0.1) is 0 Å². The number of carbonyl (C=O) groups excluding carboxylic acids is 2. The van der Waals surface area contributed by atoms with Crippen LogP contribution in [0.1, 0.15) is 26.5 Å². The van der Waals surface area contributed by atoms with Crippen molar-refractivity contribution in [3.05, 3.63) is 10.4 Å². The van der Waals surface area contributed by atoms with Gasteiger partial charge in [0.25, 0.3) is 5.91 Å². The molecule has 2 heterocycles. The highest BCUT2D eigenvalue weighted by Gasteiger charge is 2.31. The summed E-state index contributed by atoms with van der Waals surface area (Å²) in [5.41, 5.74) is 17.2. The lowest BCUT2D eigenvalue weighted by atomic mass is 10.2. The summed E-state index contributed by atoms with van der Waals surface area (Å²) in [6, 6.07) is 0.0471. The first-order valence-corrected chi connectivity index (χ1v) is 6.58. The Morgan fingerprint density at radius 3 is 2.63 bits per heavy atom. The predicted octanol–water partition coefficient (Wildman–Crippen LogP) is -0.247. The van der Waals surface area contributed by atoms with Gasteiger partial charge in [-0.3, -0.25) is 4.79 Å². The van der Waals surface area contributed by atoms with Crippen LogP contribution in [-0.2, 0) is 4.74 Å². The number of amides is 1. The number of hydrogen-bond donors (Lipinski definition) is 3. The molecule has 1 saturated heterocycles. The second-order valence-corrected chi connectivity index (χ2v) is 5.37. The number of primary amides is 1. The quantitative estimate of drug-likeness (QED) is 0.657. The maximum atomic E-state index is 11.8. The molecule has 1 aliphatic heterocycles. The van der Waals surface area contributed by atoms with Gasteiger partial charge in [0.2, 0.25) is 0 Å². The number of esters is 1. The van der Waals surface area contributed by atoms with Gasteiger partial charge < -0.3 is 26.8 Å². The van der Waals surface area contributed by atoms with Gasteiger partial charge >= 0.3 is 5.97 Å². The third-order valence-electron chi connectivity index (χ3n) is 3.05.